The van der Waals surface area contributed by atoms with Gasteiger partial charge in [0, 0.05) is 6.54 Å². The highest BCUT2D eigenvalue weighted by molar-refractivity contribution is 7.17. The van der Waals surface area contributed by atoms with Crippen LogP contribution in [0.1, 0.15) is 48.8 Å². The van der Waals surface area contributed by atoms with Crippen molar-refractivity contribution in [2.24, 2.45) is 11.3 Å². The maximum atomic E-state index is 12.0. The molecule has 1 aromatic rings. The summed E-state index contributed by atoms with van der Waals surface area (Å²) in [6, 6.07) is 2.03. The second-order valence-electron chi connectivity index (χ2n) is 5.75. The first-order valence-electron chi connectivity index (χ1n) is 7.18. The summed E-state index contributed by atoms with van der Waals surface area (Å²) < 4.78 is 5.04. The molecule has 0 atom stereocenters. The van der Waals surface area contributed by atoms with E-state index in [0.717, 1.165) is 6.54 Å². The molecule has 6 heteroatoms. The minimum Gasteiger partial charge on any atom is -0.462 e. The summed E-state index contributed by atoms with van der Waals surface area (Å²) in [5, 5.41) is 13.1. The summed E-state index contributed by atoms with van der Waals surface area (Å²) in [4.78, 5) is 12.4. The fourth-order valence-corrected chi connectivity index (χ4v) is 3.33. The Labute approximate surface area is 129 Å². The van der Waals surface area contributed by atoms with Gasteiger partial charge in [0.25, 0.3) is 0 Å². The summed E-state index contributed by atoms with van der Waals surface area (Å²) in [5.74, 6) is 0.119. The van der Waals surface area contributed by atoms with Crippen LogP contribution in [0.15, 0.2) is 0 Å². The van der Waals surface area contributed by atoms with Crippen molar-refractivity contribution >= 4 is 28.0 Å². The molecular weight excluding hydrogens is 286 g/mol. The Hall–Kier alpha value is -1.74. The number of nitrogens with two attached hydrogens (primary N) is 1. The number of carbonyl (C=O) groups is 1. The molecule has 0 saturated heterocycles. The Morgan fingerprint density at radius 3 is 2.71 bits per heavy atom. The van der Waals surface area contributed by atoms with Gasteiger partial charge in [0.15, 0.2) is 0 Å². The van der Waals surface area contributed by atoms with Crippen LogP contribution in [-0.2, 0) is 4.74 Å². The molecule has 1 saturated carbocycles. The number of ether oxygens (including phenoxy) is 1. The molecular formula is C15H21N3O2S. The molecule has 1 fully saturated rings. The zero-order valence-electron chi connectivity index (χ0n) is 12.7. The number of esters is 1. The lowest BCUT2D eigenvalue weighted by molar-refractivity contribution is 0.0529. The summed E-state index contributed by atoms with van der Waals surface area (Å²) in [5.41, 5.74) is 6.73. The van der Waals surface area contributed by atoms with Crippen molar-refractivity contribution in [1.29, 1.82) is 5.26 Å². The molecule has 0 unspecified atom stereocenters. The molecule has 0 aliphatic heterocycles. The summed E-state index contributed by atoms with van der Waals surface area (Å²) >= 11 is 1.22. The smallest absolute Gasteiger partial charge is 0.343 e. The van der Waals surface area contributed by atoms with Crippen LogP contribution in [0.3, 0.4) is 0 Å². The third kappa shape index (κ3) is 2.98. The van der Waals surface area contributed by atoms with E-state index in [2.05, 4.69) is 19.2 Å². The predicted molar refractivity (Wildman–Crippen MR) is 84.4 cm³/mol. The predicted octanol–water partition coefficient (Wildman–Crippen LogP) is 3.23. The van der Waals surface area contributed by atoms with Crippen molar-refractivity contribution in [3.05, 3.63) is 10.4 Å². The number of hydrogen-bond acceptors (Lipinski definition) is 6. The van der Waals surface area contributed by atoms with Gasteiger partial charge < -0.3 is 15.8 Å². The number of anilines is 2. The van der Waals surface area contributed by atoms with Crippen molar-refractivity contribution in [1.82, 2.24) is 0 Å². The first kappa shape index (κ1) is 15.6. The van der Waals surface area contributed by atoms with Gasteiger partial charge in [-0.15, -0.1) is 11.3 Å². The molecule has 114 valence electrons. The normalized spacial score (nSPS) is 15.6. The molecule has 0 bridgehead atoms. The Kier molecular flexibility index (Phi) is 4.43. The number of nitrogens with one attached hydrogen (secondary N) is 1. The highest BCUT2D eigenvalue weighted by atomic mass is 32.1. The molecule has 1 aliphatic rings. The minimum atomic E-state index is -0.468. The van der Waals surface area contributed by atoms with Crippen molar-refractivity contribution in [3.8, 4) is 6.07 Å². The lowest BCUT2D eigenvalue weighted by Gasteiger charge is -2.20. The maximum absolute atomic E-state index is 12.0. The standard InChI is InChI=1S/C15H21N3O2S/c1-4-20-14(19)11-12(17)10(7-16)21-13(11)18-8-15(5-6-15)9(2)3/h9,18H,4-6,8,17H2,1-3H3. The van der Waals surface area contributed by atoms with E-state index in [1.165, 1.54) is 24.2 Å². The number of carbonyl (C=O) groups excluding carboxylic acids is 1. The molecule has 3 N–H and O–H groups in total. The van der Waals surface area contributed by atoms with Crippen LogP contribution in [0.4, 0.5) is 10.7 Å². The van der Waals surface area contributed by atoms with E-state index in [9.17, 15) is 4.79 Å². The average Bonchev–Trinajstić information content (AvgIpc) is 3.16. The summed E-state index contributed by atoms with van der Waals surface area (Å²) in [7, 11) is 0. The van der Waals surface area contributed by atoms with E-state index in [1.54, 1.807) is 6.92 Å². The van der Waals surface area contributed by atoms with Gasteiger partial charge in [-0.25, -0.2) is 4.79 Å². The molecule has 21 heavy (non-hydrogen) atoms. The van der Waals surface area contributed by atoms with Gasteiger partial charge in [0.2, 0.25) is 0 Å². The molecule has 0 amide bonds. The number of nitrogen functional groups attached to an aromatic ring is 1. The number of hydrogen-bond donors (Lipinski definition) is 2. The molecule has 0 spiro atoms. The Balaban J connectivity index is 2.22. The van der Waals surface area contributed by atoms with Crippen LogP contribution < -0.4 is 11.1 Å². The molecule has 1 aromatic heterocycles. The van der Waals surface area contributed by atoms with Gasteiger partial charge >= 0.3 is 5.97 Å². The number of nitriles is 1. The van der Waals surface area contributed by atoms with Crippen LogP contribution >= 0.6 is 11.3 Å². The molecule has 5 nitrogen and oxygen atoms in total. The second-order valence-corrected chi connectivity index (χ2v) is 6.77. The van der Waals surface area contributed by atoms with E-state index in [1.807, 2.05) is 6.07 Å². The lowest BCUT2D eigenvalue weighted by atomic mass is 9.92. The largest absolute Gasteiger partial charge is 0.462 e. The SMILES string of the molecule is CCOC(=O)c1c(NCC2(C(C)C)CC2)sc(C#N)c1N. The fourth-order valence-electron chi connectivity index (χ4n) is 2.43. The minimum absolute atomic E-state index is 0.220. The number of thiophene rings is 1. The van der Waals surface area contributed by atoms with Crippen LogP contribution in [0.5, 0.6) is 0 Å². The Morgan fingerprint density at radius 2 is 2.24 bits per heavy atom. The maximum Gasteiger partial charge on any atom is 0.343 e. The summed E-state index contributed by atoms with van der Waals surface area (Å²) in [6.45, 7) is 7.25. The van der Waals surface area contributed by atoms with Crippen molar-refractivity contribution in [2.45, 2.75) is 33.6 Å². The fraction of sp³-hybridized carbons (Fsp3) is 0.600. The first-order valence-corrected chi connectivity index (χ1v) is 8.00. The van der Waals surface area contributed by atoms with Gasteiger partial charge in [-0.05, 0) is 31.1 Å². The zero-order valence-corrected chi connectivity index (χ0v) is 13.5. The van der Waals surface area contributed by atoms with Crippen molar-refractivity contribution in [2.75, 3.05) is 24.2 Å². The quantitative estimate of drug-likeness (QED) is 0.788. The molecule has 1 heterocycles. The Morgan fingerprint density at radius 1 is 1.57 bits per heavy atom. The summed E-state index contributed by atoms with van der Waals surface area (Å²) in [6.07, 6.45) is 2.39. The van der Waals surface area contributed by atoms with Gasteiger partial charge in [-0.1, -0.05) is 13.8 Å². The van der Waals surface area contributed by atoms with E-state index >= 15 is 0 Å². The third-order valence-corrected chi connectivity index (χ3v) is 5.31. The van der Waals surface area contributed by atoms with Crippen LogP contribution in [0, 0.1) is 22.7 Å². The highest BCUT2D eigenvalue weighted by Crippen LogP contribution is 2.52. The van der Waals surface area contributed by atoms with Crippen LogP contribution in [-0.4, -0.2) is 19.1 Å². The average molecular weight is 307 g/mol. The number of nitrogens with zero attached hydrogens (tertiary/aromatic N) is 1. The second kappa shape index (κ2) is 5.94. The first-order chi connectivity index (χ1) is 9.95. The Bertz CT molecular complexity index is 582. The van der Waals surface area contributed by atoms with Gasteiger partial charge in [0.1, 0.15) is 21.5 Å². The van der Waals surface area contributed by atoms with Crippen molar-refractivity contribution in [3.63, 3.8) is 0 Å². The van der Waals surface area contributed by atoms with Gasteiger partial charge in [-0.2, -0.15) is 5.26 Å². The molecule has 1 aliphatic carbocycles. The van der Waals surface area contributed by atoms with Crippen molar-refractivity contribution < 1.29 is 9.53 Å². The molecule has 0 aromatic carbocycles. The lowest BCUT2D eigenvalue weighted by Crippen LogP contribution is -2.21. The molecule has 0 radical (unpaired) electrons. The van der Waals surface area contributed by atoms with Crippen LogP contribution in [0.25, 0.3) is 0 Å². The van der Waals surface area contributed by atoms with E-state index in [-0.39, 0.29) is 12.3 Å². The zero-order chi connectivity index (χ0) is 15.6. The van der Waals surface area contributed by atoms with E-state index < -0.39 is 5.97 Å². The topological polar surface area (TPSA) is 88.1 Å². The van der Waals surface area contributed by atoms with E-state index in [0.29, 0.717) is 26.8 Å². The highest BCUT2D eigenvalue weighted by Gasteiger charge is 2.45. The van der Waals surface area contributed by atoms with Gasteiger partial charge in [-0.3, -0.25) is 0 Å². The van der Waals surface area contributed by atoms with Gasteiger partial charge in [0.05, 0.1) is 12.3 Å². The molecule has 2 rings (SSSR count). The third-order valence-electron chi connectivity index (χ3n) is 4.24. The number of rotatable bonds is 6. The monoisotopic (exact) mass is 307 g/mol. The van der Waals surface area contributed by atoms with Crippen LogP contribution in [0.2, 0.25) is 0 Å². The van der Waals surface area contributed by atoms with E-state index in [4.69, 9.17) is 15.7 Å².